The Morgan fingerprint density at radius 1 is 1.35 bits per heavy atom. The third-order valence-corrected chi connectivity index (χ3v) is 4.12. The van der Waals surface area contributed by atoms with Crippen LogP contribution in [-0.4, -0.2) is 37.2 Å². The van der Waals surface area contributed by atoms with Gasteiger partial charge < -0.3 is 14.8 Å². The molecule has 0 bridgehead atoms. The minimum Gasteiger partial charge on any atom is -0.460 e. The van der Waals surface area contributed by atoms with Crippen LogP contribution in [0.2, 0.25) is 0 Å². The molecule has 20 heavy (non-hydrogen) atoms. The van der Waals surface area contributed by atoms with Gasteiger partial charge in [-0.2, -0.15) is 0 Å². The summed E-state index contributed by atoms with van der Waals surface area (Å²) in [5, 5.41) is 2.57. The normalized spacial score (nSPS) is 13.1. The van der Waals surface area contributed by atoms with Crippen LogP contribution in [0.1, 0.15) is 34.6 Å². The number of rotatable bonds is 7. The molecule has 5 nitrogen and oxygen atoms in total. The Kier molecular flexibility index (Phi) is 8.47. The average Bonchev–Trinajstić information content (AvgIpc) is 2.32. The Bertz CT molecular complexity index is 350. The Labute approximate surface area is 123 Å². The predicted molar refractivity (Wildman–Crippen MR) is 82.4 cm³/mol. The molecule has 0 aliphatic carbocycles. The smallest absolute Gasteiger partial charge is 0.407 e. The molecule has 0 radical (unpaired) electrons. The maximum atomic E-state index is 11.7. The zero-order valence-electron chi connectivity index (χ0n) is 13.0. The minimum atomic E-state index is -0.475. The third-order valence-electron chi connectivity index (χ3n) is 2.35. The summed E-state index contributed by atoms with van der Waals surface area (Å²) in [5.74, 6) is -0.564. The quantitative estimate of drug-likeness (QED) is 0.340. The molecule has 0 aliphatic heterocycles. The predicted octanol–water partition coefficient (Wildman–Crippen LogP) is 2.90. The molecule has 0 aromatic carbocycles. The molecule has 0 aromatic rings. The fourth-order valence-corrected chi connectivity index (χ4v) is 2.45. The van der Waals surface area contributed by atoms with E-state index in [0.717, 1.165) is 6.16 Å². The number of carbonyl (C=O) groups excluding carboxylic acids is 2. The van der Waals surface area contributed by atoms with Crippen LogP contribution in [-0.2, 0) is 14.3 Å². The second-order valence-electron chi connectivity index (χ2n) is 5.55. The molecule has 6 heteroatoms. The van der Waals surface area contributed by atoms with Gasteiger partial charge in [0.25, 0.3) is 0 Å². The number of hydrogen-bond donors (Lipinski definition) is 1. The van der Waals surface area contributed by atoms with Gasteiger partial charge in [0, 0.05) is 11.0 Å². The van der Waals surface area contributed by atoms with E-state index in [1.807, 2.05) is 20.8 Å². The summed E-state index contributed by atoms with van der Waals surface area (Å²) >= 11 is 0. The first-order chi connectivity index (χ1) is 9.18. The summed E-state index contributed by atoms with van der Waals surface area (Å²) in [6.45, 7) is 13.6. The molecule has 0 heterocycles. The number of carbonyl (C=O) groups is 2. The lowest BCUT2D eigenvalue weighted by molar-refractivity contribution is -0.138. The molecule has 0 fully saturated rings. The molecular weight excluding hydrogens is 277 g/mol. The number of esters is 1. The monoisotopic (exact) mass is 303 g/mol. The van der Waals surface area contributed by atoms with Gasteiger partial charge in [0.2, 0.25) is 0 Å². The molecule has 116 valence electrons. The van der Waals surface area contributed by atoms with Crippen LogP contribution < -0.4 is 5.32 Å². The van der Waals surface area contributed by atoms with Crippen LogP contribution in [0.4, 0.5) is 4.79 Å². The van der Waals surface area contributed by atoms with Crippen molar-refractivity contribution in [2.45, 2.75) is 40.5 Å². The van der Waals surface area contributed by atoms with Crippen molar-refractivity contribution in [1.82, 2.24) is 5.32 Å². The molecule has 0 spiro atoms. The lowest BCUT2D eigenvalue weighted by Gasteiger charge is -2.30. The number of amides is 1. The van der Waals surface area contributed by atoms with Gasteiger partial charge in [0.15, 0.2) is 0 Å². The van der Waals surface area contributed by atoms with Crippen molar-refractivity contribution in [2.24, 2.45) is 5.41 Å². The zero-order chi connectivity index (χ0) is 15.8. The van der Waals surface area contributed by atoms with Crippen LogP contribution in [0.25, 0.3) is 0 Å². The minimum absolute atomic E-state index is 0.0851. The van der Waals surface area contributed by atoms with E-state index in [0.29, 0.717) is 14.2 Å². The van der Waals surface area contributed by atoms with E-state index in [4.69, 9.17) is 9.47 Å². The van der Waals surface area contributed by atoms with E-state index >= 15 is 0 Å². The fraction of sp³-hybridized carbons (Fsp3) is 0.714. The summed E-state index contributed by atoms with van der Waals surface area (Å²) < 4.78 is 10.3. The first kappa shape index (κ1) is 18.9. The van der Waals surface area contributed by atoms with Crippen molar-refractivity contribution in [3.05, 3.63) is 12.2 Å². The Balaban J connectivity index is 4.03. The van der Waals surface area contributed by atoms with Gasteiger partial charge in [-0.1, -0.05) is 42.9 Å². The highest BCUT2D eigenvalue weighted by molar-refractivity contribution is 7.38. The van der Waals surface area contributed by atoms with E-state index < -0.39 is 12.1 Å². The topological polar surface area (TPSA) is 64.6 Å². The SMILES string of the molecule is C=C(C)C(=O)OCCNC(=O)OC(PCC)C(C)(C)C. The van der Waals surface area contributed by atoms with E-state index in [9.17, 15) is 9.59 Å². The second-order valence-corrected chi connectivity index (χ2v) is 7.19. The summed E-state index contributed by atoms with van der Waals surface area (Å²) in [7, 11) is 0.568. The van der Waals surface area contributed by atoms with Crippen LogP contribution in [0.5, 0.6) is 0 Å². The molecule has 0 rings (SSSR count). The van der Waals surface area contributed by atoms with Crippen molar-refractivity contribution in [3.8, 4) is 0 Å². The molecule has 1 amide bonds. The number of alkyl carbamates (subject to hydrolysis) is 1. The van der Waals surface area contributed by atoms with E-state index in [1.54, 1.807) is 6.92 Å². The molecule has 0 aromatic heterocycles. The van der Waals surface area contributed by atoms with Crippen molar-refractivity contribution in [2.75, 3.05) is 19.3 Å². The van der Waals surface area contributed by atoms with Crippen molar-refractivity contribution in [1.29, 1.82) is 0 Å². The van der Waals surface area contributed by atoms with Gasteiger partial charge >= 0.3 is 12.1 Å². The highest BCUT2D eigenvalue weighted by Gasteiger charge is 2.27. The highest BCUT2D eigenvalue weighted by Crippen LogP contribution is 2.35. The fourth-order valence-electron chi connectivity index (χ4n) is 1.28. The average molecular weight is 303 g/mol. The van der Waals surface area contributed by atoms with Gasteiger partial charge in [0.1, 0.15) is 12.5 Å². The van der Waals surface area contributed by atoms with Crippen LogP contribution in [0.3, 0.4) is 0 Å². The molecule has 2 unspecified atom stereocenters. The first-order valence-electron chi connectivity index (χ1n) is 6.69. The largest absolute Gasteiger partial charge is 0.460 e. The van der Waals surface area contributed by atoms with Crippen molar-refractivity contribution in [3.63, 3.8) is 0 Å². The van der Waals surface area contributed by atoms with Gasteiger partial charge in [-0.15, -0.1) is 0 Å². The van der Waals surface area contributed by atoms with E-state index in [2.05, 4.69) is 18.8 Å². The number of ether oxygens (including phenoxy) is 2. The zero-order valence-corrected chi connectivity index (χ0v) is 14.0. The Hall–Kier alpha value is -1.09. The van der Waals surface area contributed by atoms with Gasteiger partial charge in [0.05, 0.1) is 6.54 Å². The standard InChI is InChI=1S/C14H26NO4P/c1-7-20-12(14(4,5)6)19-13(17)15-8-9-18-11(16)10(2)3/h12,20H,2,7-9H2,1,3-6H3,(H,15,17). The molecule has 1 N–H and O–H groups in total. The van der Waals surface area contributed by atoms with Gasteiger partial charge in [-0.05, 0) is 13.1 Å². The van der Waals surface area contributed by atoms with Crippen molar-refractivity contribution >= 4 is 20.6 Å². The first-order valence-corrected chi connectivity index (χ1v) is 7.97. The van der Waals surface area contributed by atoms with E-state index in [-0.39, 0.29) is 24.4 Å². The molecule has 0 saturated carbocycles. The van der Waals surface area contributed by atoms with Crippen LogP contribution in [0.15, 0.2) is 12.2 Å². The maximum Gasteiger partial charge on any atom is 0.407 e. The highest BCUT2D eigenvalue weighted by atomic mass is 31.1. The molecular formula is C14H26NO4P. The van der Waals surface area contributed by atoms with Gasteiger partial charge in [-0.25, -0.2) is 9.59 Å². The molecule has 0 aliphatic rings. The Morgan fingerprint density at radius 3 is 2.40 bits per heavy atom. The summed E-state index contributed by atoms with van der Waals surface area (Å²) in [6, 6.07) is 0. The Morgan fingerprint density at radius 2 is 1.95 bits per heavy atom. The lowest BCUT2D eigenvalue weighted by atomic mass is 9.98. The maximum absolute atomic E-state index is 11.7. The second kappa shape index (κ2) is 8.96. The van der Waals surface area contributed by atoms with Gasteiger partial charge in [-0.3, -0.25) is 0 Å². The number of hydrogen-bond acceptors (Lipinski definition) is 4. The lowest BCUT2D eigenvalue weighted by Crippen LogP contribution is -2.35. The van der Waals surface area contributed by atoms with E-state index in [1.165, 1.54) is 0 Å². The molecule has 0 saturated heterocycles. The van der Waals surface area contributed by atoms with Crippen LogP contribution >= 0.6 is 8.58 Å². The summed E-state index contributed by atoms with van der Waals surface area (Å²) in [6.07, 6.45) is 0.503. The summed E-state index contributed by atoms with van der Waals surface area (Å²) in [4.78, 5) is 22.8. The molecule has 2 atom stereocenters. The third kappa shape index (κ3) is 8.16. The van der Waals surface area contributed by atoms with Crippen molar-refractivity contribution < 1.29 is 19.1 Å². The summed E-state index contributed by atoms with van der Waals surface area (Å²) in [5.41, 5.74) is 0.252. The number of nitrogens with one attached hydrogen (secondary N) is 1. The van der Waals surface area contributed by atoms with Crippen LogP contribution in [0, 0.1) is 5.41 Å².